The van der Waals surface area contributed by atoms with Gasteiger partial charge in [0.05, 0.1) is 0 Å². The van der Waals surface area contributed by atoms with E-state index in [1.54, 1.807) is 0 Å². The molecule has 1 aliphatic rings. The zero-order valence-corrected chi connectivity index (χ0v) is 10.7. The van der Waals surface area contributed by atoms with Crippen LogP contribution in [0, 0.1) is 11.8 Å². The molecule has 1 heterocycles. The second kappa shape index (κ2) is 6.49. The fraction of sp³-hybridized carbons (Fsp3) is 1.00. The van der Waals surface area contributed by atoms with Crippen molar-refractivity contribution in [3.05, 3.63) is 0 Å². The van der Waals surface area contributed by atoms with E-state index >= 15 is 0 Å². The molecular weight excluding hydrogens is 184 g/mol. The Balaban J connectivity index is 2.19. The average molecular weight is 212 g/mol. The average Bonchev–Trinajstić information content (AvgIpc) is 2.21. The second-order valence-corrected chi connectivity index (χ2v) is 5.37. The van der Waals surface area contributed by atoms with E-state index < -0.39 is 0 Å². The van der Waals surface area contributed by atoms with Gasteiger partial charge in [-0.25, -0.2) is 0 Å². The van der Waals surface area contributed by atoms with Gasteiger partial charge in [0, 0.05) is 12.6 Å². The van der Waals surface area contributed by atoms with Crippen molar-refractivity contribution >= 4 is 0 Å². The third-order valence-corrected chi connectivity index (χ3v) is 3.85. The maximum Gasteiger partial charge on any atom is 0.00483 e. The van der Waals surface area contributed by atoms with Gasteiger partial charge in [-0.1, -0.05) is 26.7 Å². The molecule has 1 rings (SSSR count). The number of likely N-dealkylation sites (tertiary alicyclic amines) is 1. The van der Waals surface area contributed by atoms with E-state index in [1.165, 1.54) is 45.3 Å². The van der Waals surface area contributed by atoms with Crippen molar-refractivity contribution in [2.75, 3.05) is 19.6 Å². The lowest BCUT2D eigenvalue weighted by Crippen LogP contribution is -2.40. The summed E-state index contributed by atoms with van der Waals surface area (Å²) >= 11 is 0. The van der Waals surface area contributed by atoms with Gasteiger partial charge >= 0.3 is 0 Å². The molecule has 2 atom stereocenters. The third kappa shape index (κ3) is 4.52. The molecule has 0 spiro atoms. The van der Waals surface area contributed by atoms with Crippen LogP contribution in [0.2, 0.25) is 0 Å². The van der Waals surface area contributed by atoms with Gasteiger partial charge in [-0.15, -0.1) is 0 Å². The number of nitrogens with two attached hydrogens (primary N) is 1. The molecule has 2 N–H and O–H groups in total. The Morgan fingerprint density at radius 3 is 2.33 bits per heavy atom. The minimum Gasteiger partial charge on any atom is -0.328 e. The van der Waals surface area contributed by atoms with Crippen molar-refractivity contribution in [2.45, 2.75) is 52.5 Å². The van der Waals surface area contributed by atoms with Crippen LogP contribution in [0.25, 0.3) is 0 Å². The monoisotopic (exact) mass is 212 g/mol. The van der Waals surface area contributed by atoms with Crippen LogP contribution in [0.4, 0.5) is 0 Å². The standard InChI is InChI=1S/C13H28N2/c1-4-5-13-6-8-15(9-7-13)10-11(2)12(3)14/h11-13H,4-10,14H2,1-3H3. The van der Waals surface area contributed by atoms with Crippen LogP contribution < -0.4 is 5.73 Å². The van der Waals surface area contributed by atoms with E-state index in [2.05, 4.69) is 25.7 Å². The highest BCUT2D eigenvalue weighted by Gasteiger charge is 2.20. The number of hydrogen-bond acceptors (Lipinski definition) is 2. The summed E-state index contributed by atoms with van der Waals surface area (Å²) in [6.45, 7) is 10.5. The van der Waals surface area contributed by atoms with Crippen LogP contribution in [0.5, 0.6) is 0 Å². The smallest absolute Gasteiger partial charge is 0.00483 e. The van der Waals surface area contributed by atoms with Gasteiger partial charge in [-0.3, -0.25) is 0 Å². The molecule has 0 amide bonds. The SMILES string of the molecule is CCCC1CCN(CC(C)C(C)N)CC1. The van der Waals surface area contributed by atoms with Crippen LogP contribution >= 0.6 is 0 Å². The van der Waals surface area contributed by atoms with E-state index in [0.717, 1.165) is 5.92 Å². The molecule has 0 aromatic heterocycles. The Bertz CT molecular complexity index is 160. The molecule has 2 unspecified atom stereocenters. The normalized spacial score (nSPS) is 24.0. The van der Waals surface area contributed by atoms with Crippen molar-refractivity contribution in [1.82, 2.24) is 4.90 Å². The van der Waals surface area contributed by atoms with Gasteiger partial charge in [0.2, 0.25) is 0 Å². The van der Waals surface area contributed by atoms with Gasteiger partial charge in [0.1, 0.15) is 0 Å². The maximum atomic E-state index is 5.90. The summed E-state index contributed by atoms with van der Waals surface area (Å²) in [4.78, 5) is 2.60. The first-order valence-electron chi connectivity index (χ1n) is 6.61. The van der Waals surface area contributed by atoms with Crippen molar-refractivity contribution in [1.29, 1.82) is 0 Å². The van der Waals surface area contributed by atoms with Gasteiger partial charge in [-0.05, 0) is 44.7 Å². The highest BCUT2D eigenvalue weighted by Crippen LogP contribution is 2.22. The van der Waals surface area contributed by atoms with Crippen LogP contribution in [0.15, 0.2) is 0 Å². The molecule has 2 nitrogen and oxygen atoms in total. The number of rotatable bonds is 5. The van der Waals surface area contributed by atoms with Crippen molar-refractivity contribution in [3.63, 3.8) is 0 Å². The van der Waals surface area contributed by atoms with Crippen molar-refractivity contribution in [3.8, 4) is 0 Å². The van der Waals surface area contributed by atoms with Crippen molar-refractivity contribution in [2.24, 2.45) is 17.6 Å². The lowest BCUT2D eigenvalue weighted by Gasteiger charge is -2.34. The third-order valence-electron chi connectivity index (χ3n) is 3.85. The van der Waals surface area contributed by atoms with Gasteiger partial charge in [-0.2, -0.15) is 0 Å². The minimum absolute atomic E-state index is 0.332. The van der Waals surface area contributed by atoms with E-state index in [4.69, 9.17) is 5.73 Å². The summed E-state index contributed by atoms with van der Waals surface area (Å²) < 4.78 is 0. The van der Waals surface area contributed by atoms with E-state index in [9.17, 15) is 0 Å². The lowest BCUT2D eigenvalue weighted by atomic mass is 9.91. The molecule has 0 aromatic carbocycles. The topological polar surface area (TPSA) is 29.3 Å². The Kier molecular flexibility index (Phi) is 5.62. The molecule has 1 fully saturated rings. The van der Waals surface area contributed by atoms with E-state index in [0.29, 0.717) is 12.0 Å². The first-order valence-corrected chi connectivity index (χ1v) is 6.61. The molecule has 0 radical (unpaired) electrons. The second-order valence-electron chi connectivity index (χ2n) is 5.37. The number of nitrogens with zero attached hydrogens (tertiary/aromatic N) is 1. The quantitative estimate of drug-likeness (QED) is 0.758. The van der Waals surface area contributed by atoms with Crippen LogP contribution in [-0.2, 0) is 0 Å². The maximum absolute atomic E-state index is 5.90. The Hall–Kier alpha value is -0.0800. The molecule has 1 aliphatic heterocycles. The van der Waals surface area contributed by atoms with Gasteiger partial charge in [0.15, 0.2) is 0 Å². The number of hydrogen-bond donors (Lipinski definition) is 1. The van der Waals surface area contributed by atoms with Crippen LogP contribution in [0.3, 0.4) is 0 Å². The Morgan fingerprint density at radius 1 is 1.27 bits per heavy atom. The molecule has 0 bridgehead atoms. The highest BCUT2D eigenvalue weighted by molar-refractivity contribution is 4.75. The largest absolute Gasteiger partial charge is 0.328 e. The summed E-state index contributed by atoms with van der Waals surface area (Å²) in [6.07, 6.45) is 5.58. The molecule has 2 heteroatoms. The lowest BCUT2D eigenvalue weighted by molar-refractivity contribution is 0.154. The summed E-state index contributed by atoms with van der Waals surface area (Å²) in [5.74, 6) is 1.63. The summed E-state index contributed by atoms with van der Waals surface area (Å²) in [5.41, 5.74) is 5.90. The Morgan fingerprint density at radius 2 is 1.87 bits per heavy atom. The predicted molar refractivity (Wildman–Crippen MR) is 66.9 cm³/mol. The van der Waals surface area contributed by atoms with Gasteiger partial charge in [0.25, 0.3) is 0 Å². The van der Waals surface area contributed by atoms with Crippen LogP contribution in [0.1, 0.15) is 46.5 Å². The molecule has 0 aromatic rings. The van der Waals surface area contributed by atoms with Crippen molar-refractivity contribution < 1.29 is 0 Å². The summed E-state index contributed by atoms with van der Waals surface area (Å²) in [5, 5.41) is 0. The molecule has 15 heavy (non-hydrogen) atoms. The first kappa shape index (κ1) is 13.0. The van der Waals surface area contributed by atoms with E-state index in [-0.39, 0.29) is 0 Å². The predicted octanol–water partition coefficient (Wildman–Crippen LogP) is 2.48. The Labute approximate surface area is 95.2 Å². The summed E-state index contributed by atoms with van der Waals surface area (Å²) in [7, 11) is 0. The fourth-order valence-corrected chi connectivity index (χ4v) is 2.44. The summed E-state index contributed by atoms with van der Waals surface area (Å²) in [6, 6.07) is 0.332. The molecule has 0 saturated carbocycles. The molecule has 1 saturated heterocycles. The van der Waals surface area contributed by atoms with Gasteiger partial charge < -0.3 is 10.6 Å². The number of piperidine rings is 1. The van der Waals surface area contributed by atoms with E-state index in [1.807, 2.05) is 0 Å². The van der Waals surface area contributed by atoms with Crippen LogP contribution in [-0.4, -0.2) is 30.6 Å². The zero-order valence-electron chi connectivity index (χ0n) is 10.7. The molecular formula is C13H28N2. The minimum atomic E-state index is 0.332. The fourth-order valence-electron chi connectivity index (χ4n) is 2.44. The molecule has 0 aliphatic carbocycles. The zero-order chi connectivity index (χ0) is 11.3. The highest BCUT2D eigenvalue weighted by atomic mass is 15.1. The first-order chi connectivity index (χ1) is 7.13. The molecule has 90 valence electrons.